The van der Waals surface area contributed by atoms with Crippen molar-refractivity contribution in [3.63, 3.8) is 0 Å². The molecule has 0 fully saturated rings. The Kier molecular flexibility index (Phi) is 4.76. The maximum absolute atomic E-state index is 13.7. The number of hydrogen-bond acceptors (Lipinski definition) is 7. The van der Waals surface area contributed by atoms with Crippen LogP contribution in [-0.2, 0) is 0 Å². The van der Waals surface area contributed by atoms with Gasteiger partial charge in [0.05, 0.1) is 0 Å². The highest BCUT2D eigenvalue weighted by atomic mass is 19.3. The highest BCUT2D eigenvalue weighted by molar-refractivity contribution is 5.78. The Hall–Kier alpha value is -2.94. The van der Waals surface area contributed by atoms with E-state index in [2.05, 4.69) is 25.9 Å². The number of nitrogens with zero attached hydrogens (tertiary/aromatic N) is 2. The summed E-state index contributed by atoms with van der Waals surface area (Å²) < 4.78 is 37.0. The Morgan fingerprint density at radius 3 is 2.86 bits per heavy atom. The zero-order valence-electron chi connectivity index (χ0n) is 15.6. The molecular formula is C19H21F2N5O2. The zero-order valence-corrected chi connectivity index (χ0v) is 15.6. The first kappa shape index (κ1) is 18.4. The van der Waals surface area contributed by atoms with Crippen LogP contribution in [0.25, 0.3) is 5.57 Å². The second kappa shape index (κ2) is 7.23. The predicted octanol–water partition coefficient (Wildman–Crippen LogP) is 3.66. The molecule has 0 aliphatic carbocycles. The van der Waals surface area contributed by atoms with Crippen LogP contribution in [0.15, 0.2) is 24.3 Å². The molecule has 0 spiro atoms. The summed E-state index contributed by atoms with van der Waals surface area (Å²) in [5.74, 6) is 1.06. The van der Waals surface area contributed by atoms with Gasteiger partial charge in [0.2, 0.25) is 5.95 Å². The summed E-state index contributed by atoms with van der Waals surface area (Å²) in [6.45, 7) is 3.39. The minimum absolute atomic E-state index is 0.00963. The molecule has 3 N–H and O–H groups in total. The van der Waals surface area contributed by atoms with Crippen LogP contribution in [0.2, 0.25) is 0 Å². The van der Waals surface area contributed by atoms with E-state index in [0.717, 1.165) is 30.7 Å². The number of alkyl halides is 2. The smallest absolute Gasteiger partial charge is 0.395 e. The predicted molar refractivity (Wildman–Crippen MR) is 102 cm³/mol. The molecule has 0 saturated carbocycles. The Morgan fingerprint density at radius 1 is 1.18 bits per heavy atom. The maximum atomic E-state index is 13.7. The van der Waals surface area contributed by atoms with Crippen molar-refractivity contribution in [1.29, 1.82) is 0 Å². The number of ether oxygens (including phenoxy) is 2. The van der Waals surface area contributed by atoms with Crippen molar-refractivity contribution < 1.29 is 18.3 Å². The molecule has 2 aliphatic heterocycles. The number of fused-ring (bicyclic) bond motifs is 1. The van der Waals surface area contributed by atoms with Crippen molar-refractivity contribution in [2.75, 3.05) is 30.8 Å². The largest absolute Gasteiger partial charge is 0.586 e. The summed E-state index contributed by atoms with van der Waals surface area (Å²) in [6, 6.07) is 5.05. The zero-order chi connectivity index (χ0) is 19.7. The number of halogens is 2. The maximum Gasteiger partial charge on any atom is 0.586 e. The van der Waals surface area contributed by atoms with Gasteiger partial charge in [-0.3, -0.25) is 0 Å². The molecule has 0 bridgehead atoms. The highest BCUT2D eigenvalue weighted by Gasteiger charge is 2.45. The number of allylic oxidation sites excluding steroid dienone is 1. The number of rotatable bonds is 4. The first-order valence-corrected chi connectivity index (χ1v) is 9.08. The molecular weight excluding hydrogens is 368 g/mol. The van der Waals surface area contributed by atoms with Gasteiger partial charge in [0.25, 0.3) is 0 Å². The van der Waals surface area contributed by atoms with Gasteiger partial charge in [-0.1, -0.05) is 6.08 Å². The third kappa shape index (κ3) is 3.84. The van der Waals surface area contributed by atoms with Gasteiger partial charge in [0.1, 0.15) is 5.82 Å². The first-order chi connectivity index (χ1) is 13.4. The van der Waals surface area contributed by atoms with E-state index in [9.17, 15) is 8.78 Å². The van der Waals surface area contributed by atoms with Crippen molar-refractivity contribution in [2.45, 2.75) is 26.1 Å². The summed E-state index contributed by atoms with van der Waals surface area (Å²) in [4.78, 5) is 8.70. The molecule has 1 aromatic carbocycles. The summed E-state index contributed by atoms with van der Waals surface area (Å²) in [7, 11) is 1.76. The average molecular weight is 389 g/mol. The van der Waals surface area contributed by atoms with Crippen molar-refractivity contribution in [3.8, 4) is 11.5 Å². The molecule has 0 amide bonds. The van der Waals surface area contributed by atoms with Crippen molar-refractivity contribution in [1.82, 2.24) is 15.3 Å². The SMILES string of the molecule is CNc1cc(C)nc(Nc2cc3c(c(C4=CCNCCC4)c2)OC(F)(F)O3)n1. The van der Waals surface area contributed by atoms with Crippen LogP contribution < -0.4 is 25.4 Å². The van der Waals surface area contributed by atoms with Crippen LogP contribution in [-0.4, -0.2) is 36.4 Å². The Balaban J connectivity index is 1.74. The Bertz CT molecular complexity index is 933. The second-order valence-electron chi connectivity index (χ2n) is 6.65. The van der Waals surface area contributed by atoms with E-state index in [0.29, 0.717) is 29.6 Å². The van der Waals surface area contributed by atoms with E-state index in [4.69, 9.17) is 9.47 Å². The fourth-order valence-corrected chi connectivity index (χ4v) is 3.29. The van der Waals surface area contributed by atoms with Gasteiger partial charge in [-0.05, 0) is 37.9 Å². The lowest BCUT2D eigenvalue weighted by Crippen LogP contribution is -2.26. The number of anilines is 3. The van der Waals surface area contributed by atoms with Gasteiger partial charge in [-0.15, -0.1) is 8.78 Å². The van der Waals surface area contributed by atoms with Gasteiger partial charge in [-0.25, -0.2) is 4.98 Å². The van der Waals surface area contributed by atoms with Crippen molar-refractivity contribution in [3.05, 3.63) is 35.5 Å². The summed E-state index contributed by atoms with van der Waals surface area (Å²) in [6.07, 6.45) is -0.0302. The van der Waals surface area contributed by atoms with Gasteiger partial charge >= 0.3 is 6.29 Å². The second-order valence-corrected chi connectivity index (χ2v) is 6.65. The van der Waals surface area contributed by atoms with E-state index in [1.165, 1.54) is 6.07 Å². The number of benzene rings is 1. The third-order valence-electron chi connectivity index (χ3n) is 4.51. The number of aryl methyl sites for hydroxylation is 1. The van der Waals surface area contributed by atoms with E-state index in [-0.39, 0.29) is 11.5 Å². The molecule has 0 atom stereocenters. The molecule has 4 rings (SSSR count). The minimum Gasteiger partial charge on any atom is -0.395 e. The lowest BCUT2D eigenvalue weighted by atomic mass is 9.99. The monoisotopic (exact) mass is 389 g/mol. The summed E-state index contributed by atoms with van der Waals surface area (Å²) in [5.41, 5.74) is 2.84. The average Bonchev–Trinajstić information content (AvgIpc) is 2.81. The fourth-order valence-electron chi connectivity index (χ4n) is 3.29. The molecule has 1 aromatic heterocycles. The van der Waals surface area contributed by atoms with Crippen molar-refractivity contribution in [2.24, 2.45) is 0 Å². The van der Waals surface area contributed by atoms with E-state index in [1.807, 2.05) is 13.0 Å². The van der Waals surface area contributed by atoms with E-state index in [1.54, 1.807) is 19.2 Å². The summed E-state index contributed by atoms with van der Waals surface area (Å²) >= 11 is 0. The molecule has 0 radical (unpaired) electrons. The molecule has 0 saturated heterocycles. The molecule has 2 aliphatic rings. The fraction of sp³-hybridized carbons (Fsp3) is 0.368. The Labute approximate surface area is 161 Å². The molecule has 148 valence electrons. The highest BCUT2D eigenvalue weighted by Crippen LogP contribution is 2.48. The topological polar surface area (TPSA) is 80.3 Å². The lowest BCUT2D eigenvalue weighted by Gasteiger charge is -2.13. The van der Waals surface area contributed by atoms with Gasteiger partial charge in [-0.2, -0.15) is 4.98 Å². The van der Waals surface area contributed by atoms with Gasteiger partial charge < -0.3 is 25.4 Å². The molecule has 9 heteroatoms. The number of aromatic nitrogens is 2. The van der Waals surface area contributed by atoms with Gasteiger partial charge in [0, 0.05) is 42.7 Å². The number of nitrogens with one attached hydrogen (secondary N) is 3. The van der Waals surface area contributed by atoms with Crippen LogP contribution >= 0.6 is 0 Å². The molecule has 0 unspecified atom stereocenters. The molecule has 28 heavy (non-hydrogen) atoms. The van der Waals surface area contributed by atoms with Crippen LogP contribution in [0, 0.1) is 6.92 Å². The lowest BCUT2D eigenvalue weighted by molar-refractivity contribution is -0.286. The minimum atomic E-state index is -3.68. The Morgan fingerprint density at radius 2 is 2.04 bits per heavy atom. The standard InChI is InChI=1S/C19H21F2N5O2/c1-11-8-16(22-2)26-18(24-11)25-13-9-14(12-4-3-6-23-7-5-12)17-15(10-13)27-19(20,21)28-17/h5,8-10,23H,3-4,6-7H2,1-2H3,(H2,22,24,25,26). The van der Waals surface area contributed by atoms with E-state index >= 15 is 0 Å². The normalized spacial score (nSPS) is 17.6. The van der Waals surface area contributed by atoms with Crippen LogP contribution in [0.5, 0.6) is 11.5 Å². The molecule has 7 nitrogen and oxygen atoms in total. The van der Waals surface area contributed by atoms with Crippen LogP contribution in [0.3, 0.4) is 0 Å². The van der Waals surface area contributed by atoms with Gasteiger partial charge in [0.15, 0.2) is 11.5 Å². The first-order valence-electron chi connectivity index (χ1n) is 9.08. The third-order valence-corrected chi connectivity index (χ3v) is 4.51. The van der Waals surface area contributed by atoms with Crippen LogP contribution in [0.1, 0.15) is 24.1 Å². The number of hydrogen-bond donors (Lipinski definition) is 3. The van der Waals surface area contributed by atoms with Crippen molar-refractivity contribution >= 4 is 23.0 Å². The summed E-state index contributed by atoms with van der Waals surface area (Å²) in [5, 5.41) is 9.32. The van der Waals surface area contributed by atoms with E-state index < -0.39 is 6.29 Å². The van der Waals surface area contributed by atoms with Crippen LogP contribution in [0.4, 0.5) is 26.2 Å². The molecule has 2 aromatic rings. The quantitative estimate of drug-likeness (QED) is 0.736. The molecule has 3 heterocycles.